The Labute approximate surface area is 157 Å². The smallest absolute Gasteiger partial charge is 0.271 e. The summed E-state index contributed by atoms with van der Waals surface area (Å²) in [4.78, 5) is 12.0. The Bertz CT molecular complexity index is 818. The summed E-state index contributed by atoms with van der Waals surface area (Å²) in [7, 11) is 0. The summed E-state index contributed by atoms with van der Waals surface area (Å²) in [6.45, 7) is 1.94. The molecule has 2 rings (SSSR count). The second-order valence-corrected chi connectivity index (χ2v) is 6.14. The van der Waals surface area contributed by atoms with Crippen LogP contribution in [-0.2, 0) is 0 Å². The summed E-state index contributed by atoms with van der Waals surface area (Å²) in [5.74, 6) is -0.504. The normalized spacial score (nSPS) is 12.6. The highest BCUT2D eigenvalue weighted by atomic mass is 35.5. The molecule has 0 fully saturated rings. The zero-order chi connectivity index (χ0) is 18.9. The van der Waals surface area contributed by atoms with Gasteiger partial charge in [0.05, 0.1) is 17.3 Å². The van der Waals surface area contributed by atoms with Crippen LogP contribution < -0.4 is 5.43 Å². The Morgan fingerprint density at radius 3 is 2.77 bits per heavy atom. The van der Waals surface area contributed by atoms with Crippen LogP contribution in [0, 0.1) is 0 Å². The first-order chi connectivity index (χ1) is 12.5. The maximum Gasteiger partial charge on any atom is 0.271 e. The van der Waals surface area contributed by atoms with Crippen molar-refractivity contribution in [3.63, 3.8) is 0 Å². The minimum absolute atomic E-state index is 0.0805. The van der Waals surface area contributed by atoms with Crippen LogP contribution in [0.25, 0.3) is 6.08 Å². The van der Waals surface area contributed by atoms with Crippen molar-refractivity contribution in [3.05, 3.63) is 70.3 Å². The van der Waals surface area contributed by atoms with Crippen LogP contribution >= 0.6 is 11.6 Å². The number of benzene rings is 2. The third kappa shape index (κ3) is 6.02. The van der Waals surface area contributed by atoms with Gasteiger partial charge < -0.3 is 10.2 Å². The van der Waals surface area contributed by atoms with E-state index in [2.05, 4.69) is 10.5 Å². The first kappa shape index (κ1) is 19.7. The number of hydrogen-bond donors (Lipinski definition) is 3. The number of phenols is 1. The SMILES string of the molecule is CCC(O)CC=Cc1cccc(C=NNC(=O)c2ccc(O)c(Cl)c2)c1. The number of nitrogens with zero attached hydrogens (tertiary/aromatic N) is 1. The van der Waals surface area contributed by atoms with E-state index in [4.69, 9.17) is 11.6 Å². The molecule has 0 saturated heterocycles. The number of nitrogens with one attached hydrogen (secondary N) is 1. The van der Waals surface area contributed by atoms with Crippen LogP contribution in [0.15, 0.2) is 53.6 Å². The molecule has 0 radical (unpaired) electrons. The number of hydrogen-bond acceptors (Lipinski definition) is 4. The zero-order valence-electron chi connectivity index (χ0n) is 14.4. The first-order valence-electron chi connectivity index (χ1n) is 8.26. The highest BCUT2D eigenvalue weighted by Crippen LogP contribution is 2.23. The molecule has 1 unspecified atom stereocenters. The Hall–Kier alpha value is -2.63. The number of carbonyl (C=O) groups excluding carboxylic acids is 1. The van der Waals surface area contributed by atoms with Crippen LogP contribution in [0.4, 0.5) is 0 Å². The zero-order valence-corrected chi connectivity index (χ0v) is 15.1. The van der Waals surface area contributed by atoms with E-state index in [0.29, 0.717) is 12.0 Å². The van der Waals surface area contributed by atoms with Crippen molar-refractivity contribution in [1.82, 2.24) is 5.43 Å². The predicted molar refractivity (Wildman–Crippen MR) is 105 cm³/mol. The largest absolute Gasteiger partial charge is 0.506 e. The molecule has 0 aliphatic rings. The molecule has 0 aromatic heterocycles. The highest BCUT2D eigenvalue weighted by Gasteiger charge is 2.07. The van der Waals surface area contributed by atoms with E-state index in [1.54, 1.807) is 0 Å². The molecule has 0 aliphatic carbocycles. The average Bonchev–Trinajstić information content (AvgIpc) is 2.64. The summed E-state index contributed by atoms with van der Waals surface area (Å²) in [5.41, 5.74) is 4.53. The molecule has 1 amide bonds. The Morgan fingerprint density at radius 1 is 1.27 bits per heavy atom. The number of hydrazone groups is 1. The van der Waals surface area contributed by atoms with Crippen LogP contribution in [0.5, 0.6) is 5.75 Å². The number of aliphatic hydroxyl groups excluding tert-OH is 1. The van der Waals surface area contributed by atoms with Crippen LogP contribution in [0.1, 0.15) is 41.3 Å². The maximum atomic E-state index is 12.0. The minimum atomic E-state index is -0.423. The van der Waals surface area contributed by atoms with Crippen molar-refractivity contribution in [2.24, 2.45) is 5.10 Å². The highest BCUT2D eigenvalue weighted by molar-refractivity contribution is 6.32. The van der Waals surface area contributed by atoms with Gasteiger partial charge in [0.2, 0.25) is 0 Å². The lowest BCUT2D eigenvalue weighted by molar-refractivity contribution is 0.0955. The van der Waals surface area contributed by atoms with Crippen molar-refractivity contribution in [1.29, 1.82) is 0 Å². The van der Waals surface area contributed by atoms with E-state index in [-0.39, 0.29) is 16.9 Å². The monoisotopic (exact) mass is 372 g/mol. The molecule has 3 N–H and O–H groups in total. The third-order valence-corrected chi connectivity index (χ3v) is 3.99. The summed E-state index contributed by atoms with van der Waals surface area (Å²) < 4.78 is 0. The molecule has 0 bridgehead atoms. The summed E-state index contributed by atoms with van der Waals surface area (Å²) in [5, 5.41) is 23.0. The minimum Gasteiger partial charge on any atom is -0.506 e. The first-order valence-corrected chi connectivity index (χ1v) is 8.64. The van der Waals surface area contributed by atoms with Gasteiger partial charge in [-0.2, -0.15) is 5.10 Å². The van der Waals surface area contributed by atoms with Crippen molar-refractivity contribution < 1.29 is 15.0 Å². The molecule has 0 aliphatic heterocycles. The lowest BCUT2D eigenvalue weighted by atomic mass is 10.1. The maximum absolute atomic E-state index is 12.0. The van der Waals surface area contributed by atoms with Gasteiger partial charge in [-0.15, -0.1) is 0 Å². The number of rotatable bonds is 7. The standard InChI is InChI=1S/C20H21ClN2O3/c1-2-17(24)8-4-6-14-5-3-7-15(11-14)13-22-23-20(26)16-9-10-19(25)18(21)12-16/h3-7,9-13,17,24-25H,2,8H2,1H3,(H,23,26). The lowest BCUT2D eigenvalue weighted by Crippen LogP contribution is -2.17. The van der Waals surface area contributed by atoms with Gasteiger partial charge in [-0.25, -0.2) is 5.43 Å². The molecule has 0 heterocycles. The van der Waals surface area contributed by atoms with E-state index in [1.165, 1.54) is 24.4 Å². The van der Waals surface area contributed by atoms with Crippen LogP contribution in [0.2, 0.25) is 5.02 Å². The Balaban J connectivity index is 1.96. The summed E-state index contributed by atoms with van der Waals surface area (Å²) in [6.07, 6.45) is 6.43. The van der Waals surface area contributed by atoms with E-state index >= 15 is 0 Å². The van der Waals surface area contributed by atoms with Crippen molar-refractivity contribution in [2.45, 2.75) is 25.9 Å². The molecule has 26 heavy (non-hydrogen) atoms. The molecule has 0 spiro atoms. The van der Waals surface area contributed by atoms with Crippen molar-refractivity contribution in [3.8, 4) is 5.75 Å². The number of aliphatic hydroxyl groups is 1. The number of phenolic OH excluding ortho intramolecular Hbond substituents is 1. The number of aromatic hydroxyl groups is 1. The van der Waals surface area contributed by atoms with Crippen LogP contribution in [0.3, 0.4) is 0 Å². The van der Waals surface area contributed by atoms with Crippen molar-refractivity contribution >= 4 is 29.8 Å². The number of carbonyl (C=O) groups is 1. The molecule has 2 aromatic carbocycles. The lowest BCUT2D eigenvalue weighted by Gasteiger charge is -2.03. The average molecular weight is 373 g/mol. The molecule has 6 heteroatoms. The quantitative estimate of drug-likeness (QED) is 0.507. The molecule has 136 valence electrons. The second kappa shape index (κ2) is 9.75. The molecule has 5 nitrogen and oxygen atoms in total. The van der Waals surface area contributed by atoms with Gasteiger partial charge in [-0.1, -0.05) is 48.9 Å². The Kier molecular flexibility index (Phi) is 7.38. The molecule has 0 saturated carbocycles. The second-order valence-electron chi connectivity index (χ2n) is 5.74. The van der Waals surface area contributed by atoms with Crippen LogP contribution in [-0.4, -0.2) is 28.4 Å². The van der Waals surface area contributed by atoms with Gasteiger partial charge in [0.15, 0.2) is 0 Å². The fourth-order valence-electron chi connectivity index (χ4n) is 2.15. The fraction of sp³-hybridized carbons (Fsp3) is 0.200. The predicted octanol–water partition coefficient (Wildman–Crippen LogP) is 3.98. The molecule has 2 aromatic rings. The van der Waals surface area contributed by atoms with Gasteiger partial charge in [0, 0.05) is 5.56 Å². The van der Waals surface area contributed by atoms with Crippen molar-refractivity contribution in [2.75, 3.05) is 0 Å². The van der Waals surface area contributed by atoms with Gasteiger partial charge in [0.25, 0.3) is 5.91 Å². The molecular weight excluding hydrogens is 352 g/mol. The van der Waals surface area contributed by atoms with Gasteiger partial charge >= 0.3 is 0 Å². The van der Waals surface area contributed by atoms with Gasteiger partial charge in [0.1, 0.15) is 5.75 Å². The summed E-state index contributed by atoms with van der Waals surface area (Å²) >= 11 is 5.79. The third-order valence-electron chi connectivity index (χ3n) is 3.69. The van der Waals surface area contributed by atoms with E-state index in [0.717, 1.165) is 17.5 Å². The molecular formula is C20H21ClN2O3. The molecule has 1 atom stereocenters. The number of amides is 1. The van der Waals surface area contributed by atoms with E-state index < -0.39 is 5.91 Å². The topological polar surface area (TPSA) is 81.9 Å². The Morgan fingerprint density at radius 2 is 2.04 bits per heavy atom. The van der Waals surface area contributed by atoms with E-state index in [9.17, 15) is 15.0 Å². The number of halogens is 1. The fourth-order valence-corrected chi connectivity index (χ4v) is 2.33. The van der Waals surface area contributed by atoms with Gasteiger partial charge in [-0.3, -0.25) is 4.79 Å². The van der Waals surface area contributed by atoms with Gasteiger partial charge in [-0.05, 0) is 48.2 Å². The van der Waals surface area contributed by atoms with E-state index in [1.807, 2.05) is 43.3 Å². The summed E-state index contributed by atoms with van der Waals surface area (Å²) in [6, 6.07) is 11.8.